The van der Waals surface area contributed by atoms with Crippen LogP contribution in [0.15, 0.2) is 176 Å². The van der Waals surface area contributed by atoms with Crippen molar-refractivity contribution in [3.05, 3.63) is 187 Å². The van der Waals surface area contributed by atoms with Crippen LogP contribution in [0.3, 0.4) is 0 Å². The lowest BCUT2D eigenvalue weighted by Crippen LogP contribution is -2.15. The molecule has 56 heavy (non-hydrogen) atoms. The molecule has 0 saturated carbocycles. The maximum Gasteiger partial charge on any atom is 0.234 e. The number of benzene rings is 7. The molecule has 0 fully saturated rings. The smallest absolute Gasteiger partial charge is 0.234 e. The van der Waals surface area contributed by atoms with Gasteiger partial charge in [0.05, 0.1) is 34.0 Å². The Morgan fingerprint density at radius 1 is 0.429 bits per heavy atom. The molecule has 4 heterocycles. The topological polar surface area (TPSA) is 40.1 Å². The number of rotatable bonds is 4. The zero-order valence-electron chi connectivity index (χ0n) is 31.0. The number of imidazole rings is 1. The Balaban J connectivity index is 0.910. The van der Waals surface area contributed by atoms with Crippen LogP contribution in [0.25, 0.3) is 94.3 Å². The summed E-state index contributed by atoms with van der Waals surface area (Å²) in [4.78, 5) is 9.54. The molecule has 264 valence electrons. The highest BCUT2D eigenvalue weighted by Crippen LogP contribution is 2.50. The minimum Gasteiger partial charge on any atom is -0.309 e. The Morgan fingerprint density at radius 2 is 0.893 bits per heavy atom. The second kappa shape index (κ2) is 11.4. The van der Waals surface area contributed by atoms with Crippen LogP contribution >= 0.6 is 0 Å². The predicted molar refractivity (Wildman–Crippen MR) is 230 cm³/mol. The van der Waals surface area contributed by atoms with Crippen molar-refractivity contribution in [1.82, 2.24) is 23.5 Å². The van der Waals surface area contributed by atoms with Gasteiger partial charge >= 0.3 is 0 Å². The van der Waals surface area contributed by atoms with Crippen molar-refractivity contribution in [2.45, 2.75) is 19.3 Å². The average molecular weight is 718 g/mol. The Kier molecular flexibility index (Phi) is 6.33. The highest BCUT2D eigenvalue weighted by molar-refractivity contribution is 6.10. The molecule has 0 spiro atoms. The summed E-state index contributed by atoms with van der Waals surface area (Å²) in [6.07, 6.45) is 6.07. The van der Waals surface area contributed by atoms with Gasteiger partial charge in [-0.05, 0) is 82.4 Å². The monoisotopic (exact) mass is 717 g/mol. The molecule has 7 aromatic carbocycles. The van der Waals surface area contributed by atoms with Gasteiger partial charge in [-0.1, -0.05) is 117 Å². The lowest BCUT2D eigenvalue weighted by atomic mass is 9.81. The number of nitrogens with zero attached hydrogens (tertiary/aromatic N) is 5. The van der Waals surface area contributed by atoms with Crippen molar-refractivity contribution < 1.29 is 0 Å². The zero-order valence-corrected chi connectivity index (χ0v) is 31.0. The molecule has 1 aliphatic rings. The van der Waals surface area contributed by atoms with E-state index >= 15 is 0 Å². The van der Waals surface area contributed by atoms with Gasteiger partial charge in [-0.3, -0.25) is 4.40 Å². The van der Waals surface area contributed by atoms with Gasteiger partial charge in [-0.25, -0.2) is 9.97 Å². The summed E-state index contributed by atoms with van der Waals surface area (Å²) in [7, 11) is 0. The van der Waals surface area contributed by atoms with Crippen molar-refractivity contribution in [2.75, 3.05) is 0 Å². The lowest BCUT2D eigenvalue weighted by molar-refractivity contribution is 0.660. The van der Waals surface area contributed by atoms with Crippen LogP contribution in [-0.2, 0) is 5.41 Å². The number of aromatic nitrogens is 5. The van der Waals surface area contributed by atoms with Gasteiger partial charge in [0.15, 0.2) is 0 Å². The van der Waals surface area contributed by atoms with Crippen molar-refractivity contribution in [3.63, 3.8) is 0 Å². The summed E-state index contributed by atoms with van der Waals surface area (Å²) in [6, 6.07) is 57.4. The van der Waals surface area contributed by atoms with Gasteiger partial charge in [0, 0.05) is 61.9 Å². The van der Waals surface area contributed by atoms with Crippen LogP contribution in [0.2, 0.25) is 0 Å². The number of para-hydroxylation sites is 4. The average Bonchev–Trinajstić information content (AvgIpc) is 3.98. The summed E-state index contributed by atoms with van der Waals surface area (Å²) in [5, 5.41) is 5.07. The Labute approximate surface area is 323 Å². The van der Waals surface area contributed by atoms with E-state index in [4.69, 9.17) is 9.97 Å². The van der Waals surface area contributed by atoms with E-state index in [9.17, 15) is 0 Å². The van der Waals surface area contributed by atoms with Gasteiger partial charge in [0.25, 0.3) is 0 Å². The molecule has 0 N–H and O–H groups in total. The largest absolute Gasteiger partial charge is 0.309 e. The summed E-state index contributed by atoms with van der Waals surface area (Å²) in [5.41, 5.74) is 16.6. The first-order valence-corrected chi connectivity index (χ1v) is 19.2. The molecule has 5 nitrogen and oxygen atoms in total. The molecular weight excluding hydrogens is 683 g/mol. The maximum absolute atomic E-state index is 4.83. The van der Waals surface area contributed by atoms with E-state index in [-0.39, 0.29) is 5.41 Å². The molecular formula is C51H35N5. The summed E-state index contributed by atoms with van der Waals surface area (Å²) >= 11 is 0. The van der Waals surface area contributed by atoms with Crippen molar-refractivity contribution in [2.24, 2.45) is 0 Å². The van der Waals surface area contributed by atoms with Gasteiger partial charge in [-0.15, -0.1) is 0 Å². The van der Waals surface area contributed by atoms with E-state index in [1.807, 2.05) is 12.4 Å². The van der Waals surface area contributed by atoms with E-state index in [2.05, 4.69) is 191 Å². The fourth-order valence-corrected chi connectivity index (χ4v) is 9.46. The molecule has 0 unspecified atom stereocenters. The molecule has 11 aromatic rings. The maximum atomic E-state index is 4.83. The Hall–Kier alpha value is -7.24. The SMILES string of the molecule is CC1(C)c2cc(-c3cnc4ncc(-c5ccc(-n6c7ccccc7c7ccccc76)cc5)n4c3)ccc2-c2ccc(-n3c4ccccc4c4ccccc43)cc21. The molecule has 1 aliphatic carbocycles. The van der Waals surface area contributed by atoms with E-state index in [0.29, 0.717) is 5.78 Å². The molecule has 0 saturated heterocycles. The molecule has 0 atom stereocenters. The van der Waals surface area contributed by atoms with Crippen LogP contribution in [0, 0.1) is 0 Å². The van der Waals surface area contributed by atoms with Gasteiger partial charge in [0.1, 0.15) is 0 Å². The fourth-order valence-electron chi connectivity index (χ4n) is 9.46. The number of hydrogen-bond acceptors (Lipinski definition) is 2. The first-order chi connectivity index (χ1) is 27.5. The van der Waals surface area contributed by atoms with Gasteiger partial charge in [-0.2, -0.15) is 0 Å². The fraction of sp³-hybridized carbons (Fsp3) is 0.0588. The van der Waals surface area contributed by atoms with Crippen LogP contribution in [0.4, 0.5) is 0 Å². The normalized spacial score (nSPS) is 13.3. The van der Waals surface area contributed by atoms with Crippen LogP contribution in [-0.4, -0.2) is 23.5 Å². The van der Waals surface area contributed by atoms with E-state index in [0.717, 1.165) is 28.1 Å². The van der Waals surface area contributed by atoms with E-state index < -0.39 is 0 Å². The quantitative estimate of drug-likeness (QED) is 0.182. The molecule has 12 rings (SSSR count). The standard InChI is InChI=1S/C51H35N5/c1-51(2)43-27-33(21-25-37(43)38-26-24-36(28-44(38)51)56-47-17-9-5-13-41(47)42-14-6-10-18-48(42)56)34-29-52-50-53-30-49(54(50)31-34)32-19-22-35(23-20-32)55-45-15-7-3-11-39(45)40-12-4-8-16-46(40)55/h3-31H,1-2H3. The highest BCUT2D eigenvalue weighted by atomic mass is 15.1. The predicted octanol–water partition coefficient (Wildman–Crippen LogP) is 12.6. The molecule has 0 radical (unpaired) electrons. The number of fused-ring (bicyclic) bond motifs is 10. The van der Waals surface area contributed by atoms with Crippen LogP contribution in [0.1, 0.15) is 25.0 Å². The van der Waals surface area contributed by atoms with Gasteiger partial charge < -0.3 is 9.13 Å². The molecule has 0 amide bonds. The van der Waals surface area contributed by atoms with Gasteiger partial charge in [0.2, 0.25) is 5.78 Å². The highest BCUT2D eigenvalue weighted by Gasteiger charge is 2.36. The molecule has 0 aliphatic heterocycles. The van der Waals surface area contributed by atoms with Crippen LogP contribution in [0.5, 0.6) is 0 Å². The third-order valence-corrected chi connectivity index (χ3v) is 12.2. The number of hydrogen-bond donors (Lipinski definition) is 0. The zero-order chi connectivity index (χ0) is 37.1. The van der Waals surface area contributed by atoms with Crippen molar-refractivity contribution in [3.8, 4) is 44.9 Å². The summed E-state index contributed by atoms with van der Waals surface area (Å²) < 4.78 is 6.88. The third-order valence-electron chi connectivity index (χ3n) is 12.2. The Morgan fingerprint density at radius 3 is 1.48 bits per heavy atom. The minimum atomic E-state index is -0.189. The summed E-state index contributed by atoms with van der Waals surface area (Å²) in [5.74, 6) is 0.682. The van der Waals surface area contributed by atoms with E-state index in [1.54, 1.807) is 0 Å². The lowest BCUT2D eigenvalue weighted by Gasteiger charge is -2.23. The van der Waals surface area contributed by atoms with E-state index in [1.165, 1.54) is 71.6 Å². The molecule has 4 aromatic heterocycles. The van der Waals surface area contributed by atoms with Crippen molar-refractivity contribution in [1.29, 1.82) is 0 Å². The molecule has 0 bridgehead atoms. The first kappa shape index (κ1) is 31.1. The first-order valence-electron chi connectivity index (χ1n) is 19.2. The Bertz CT molecular complexity index is 3290. The second-order valence-electron chi connectivity index (χ2n) is 15.6. The van der Waals surface area contributed by atoms with Crippen molar-refractivity contribution >= 4 is 49.4 Å². The summed E-state index contributed by atoms with van der Waals surface area (Å²) in [6.45, 7) is 4.71. The minimum absolute atomic E-state index is 0.189. The third kappa shape index (κ3) is 4.31. The van der Waals surface area contributed by atoms with Crippen LogP contribution < -0.4 is 0 Å². The second-order valence-corrected chi connectivity index (χ2v) is 15.6. The molecule has 5 heteroatoms.